The first kappa shape index (κ1) is 19.3. The standard InChI is InChI=1S/C22H24N6/c1-14(2)18-9-6-10-19(15(3)4)21(18)26-20-13-24-28-22(27-20)25-17-8-5-7-16(11-17)12-23/h5-11,13-15H,1-4H3,(H2,25,26,27,28). The van der Waals surface area contributed by atoms with Gasteiger partial charge in [0.2, 0.25) is 5.95 Å². The topological polar surface area (TPSA) is 86.5 Å². The molecule has 6 heteroatoms. The lowest BCUT2D eigenvalue weighted by Gasteiger charge is -2.20. The van der Waals surface area contributed by atoms with Crippen molar-refractivity contribution in [2.24, 2.45) is 0 Å². The van der Waals surface area contributed by atoms with Gasteiger partial charge in [-0.3, -0.25) is 0 Å². The fourth-order valence-corrected chi connectivity index (χ4v) is 3.04. The Hall–Kier alpha value is -3.46. The van der Waals surface area contributed by atoms with Crippen LogP contribution < -0.4 is 10.6 Å². The molecule has 0 atom stereocenters. The zero-order valence-corrected chi connectivity index (χ0v) is 16.6. The highest BCUT2D eigenvalue weighted by molar-refractivity contribution is 5.67. The molecule has 1 heterocycles. The van der Waals surface area contributed by atoms with Crippen LogP contribution in [-0.2, 0) is 0 Å². The minimum Gasteiger partial charge on any atom is -0.338 e. The second kappa shape index (κ2) is 8.49. The molecule has 0 aliphatic carbocycles. The normalized spacial score (nSPS) is 10.8. The van der Waals surface area contributed by atoms with Crippen molar-refractivity contribution >= 4 is 23.1 Å². The molecular weight excluding hydrogens is 348 g/mol. The SMILES string of the molecule is CC(C)c1cccc(C(C)C)c1Nc1cnnc(Nc2cccc(C#N)c2)n1. The number of nitrogens with one attached hydrogen (secondary N) is 2. The van der Waals surface area contributed by atoms with Gasteiger partial charge in [-0.15, -0.1) is 5.10 Å². The Labute approximate surface area is 165 Å². The molecule has 0 aliphatic rings. The number of para-hydroxylation sites is 1. The van der Waals surface area contributed by atoms with E-state index in [0.29, 0.717) is 29.2 Å². The monoisotopic (exact) mass is 372 g/mol. The molecule has 0 bridgehead atoms. The zero-order valence-electron chi connectivity index (χ0n) is 16.6. The van der Waals surface area contributed by atoms with Gasteiger partial charge in [-0.2, -0.15) is 15.3 Å². The Bertz CT molecular complexity index is 978. The van der Waals surface area contributed by atoms with Crippen LogP contribution in [0.2, 0.25) is 0 Å². The third-order valence-corrected chi connectivity index (χ3v) is 4.43. The van der Waals surface area contributed by atoms with Gasteiger partial charge < -0.3 is 10.6 Å². The van der Waals surface area contributed by atoms with E-state index in [4.69, 9.17) is 5.26 Å². The molecule has 6 nitrogen and oxygen atoms in total. The van der Waals surface area contributed by atoms with Gasteiger partial charge in [0.25, 0.3) is 0 Å². The van der Waals surface area contributed by atoms with Crippen LogP contribution in [0.3, 0.4) is 0 Å². The van der Waals surface area contributed by atoms with Crippen molar-refractivity contribution in [2.45, 2.75) is 39.5 Å². The number of hydrogen-bond acceptors (Lipinski definition) is 6. The summed E-state index contributed by atoms with van der Waals surface area (Å²) in [5.74, 6) is 1.74. The molecular formula is C22H24N6. The van der Waals surface area contributed by atoms with Gasteiger partial charge in [-0.05, 0) is 41.2 Å². The van der Waals surface area contributed by atoms with E-state index >= 15 is 0 Å². The first-order valence-corrected chi connectivity index (χ1v) is 9.34. The van der Waals surface area contributed by atoms with Gasteiger partial charge in [0, 0.05) is 11.4 Å². The molecule has 3 rings (SSSR count). The molecule has 28 heavy (non-hydrogen) atoms. The van der Waals surface area contributed by atoms with Gasteiger partial charge in [-0.25, -0.2) is 0 Å². The lowest BCUT2D eigenvalue weighted by Crippen LogP contribution is -2.07. The maximum atomic E-state index is 9.05. The molecule has 0 aliphatic heterocycles. The van der Waals surface area contributed by atoms with Crippen molar-refractivity contribution in [3.05, 3.63) is 65.4 Å². The molecule has 2 aromatic carbocycles. The number of aromatic nitrogens is 3. The molecule has 0 spiro atoms. The van der Waals surface area contributed by atoms with E-state index in [-0.39, 0.29) is 0 Å². The molecule has 1 aromatic heterocycles. The number of nitriles is 1. The molecule has 3 aromatic rings. The average molecular weight is 372 g/mol. The highest BCUT2D eigenvalue weighted by Gasteiger charge is 2.15. The van der Waals surface area contributed by atoms with Crippen LogP contribution in [0.5, 0.6) is 0 Å². The summed E-state index contributed by atoms with van der Waals surface area (Å²) in [6.45, 7) is 8.71. The fraction of sp³-hybridized carbons (Fsp3) is 0.273. The van der Waals surface area contributed by atoms with Gasteiger partial charge in [0.15, 0.2) is 5.82 Å². The Kier molecular flexibility index (Phi) is 5.85. The fourth-order valence-electron chi connectivity index (χ4n) is 3.04. The van der Waals surface area contributed by atoms with Gasteiger partial charge in [0.1, 0.15) is 0 Å². The maximum Gasteiger partial charge on any atom is 0.249 e. The van der Waals surface area contributed by atoms with Crippen LogP contribution in [0.15, 0.2) is 48.7 Å². The second-order valence-corrected chi connectivity index (χ2v) is 7.23. The Morgan fingerprint density at radius 3 is 2.25 bits per heavy atom. The van der Waals surface area contributed by atoms with Crippen LogP contribution >= 0.6 is 0 Å². The van der Waals surface area contributed by atoms with E-state index < -0.39 is 0 Å². The van der Waals surface area contributed by atoms with Gasteiger partial charge in [0.05, 0.1) is 17.8 Å². The van der Waals surface area contributed by atoms with E-state index in [1.807, 2.05) is 12.1 Å². The van der Waals surface area contributed by atoms with Crippen LogP contribution in [0.25, 0.3) is 0 Å². The summed E-state index contributed by atoms with van der Waals surface area (Å²) in [6, 6.07) is 15.7. The summed E-state index contributed by atoms with van der Waals surface area (Å²) in [4.78, 5) is 4.54. The van der Waals surface area contributed by atoms with Crippen molar-refractivity contribution in [3.8, 4) is 6.07 Å². The molecule has 0 unspecified atom stereocenters. The Morgan fingerprint density at radius 1 is 0.929 bits per heavy atom. The quantitative estimate of drug-likeness (QED) is 0.596. The number of benzene rings is 2. The van der Waals surface area contributed by atoms with Gasteiger partial charge >= 0.3 is 0 Å². The summed E-state index contributed by atoms with van der Waals surface area (Å²) in [6.07, 6.45) is 1.61. The number of nitrogens with zero attached hydrogens (tertiary/aromatic N) is 4. The van der Waals surface area contributed by atoms with Crippen molar-refractivity contribution in [1.82, 2.24) is 15.2 Å². The zero-order chi connectivity index (χ0) is 20.1. The molecule has 2 N–H and O–H groups in total. The van der Waals surface area contributed by atoms with E-state index in [0.717, 1.165) is 11.4 Å². The minimum atomic E-state index is 0.369. The number of rotatable bonds is 6. The van der Waals surface area contributed by atoms with Crippen molar-refractivity contribution < 1.29 is 0 Å². The summed E-state index contributed by atoms with van der Waals surface area (Å²) < 4.78 is 0. The average Bonchev–Trinajstić information content (AvgIpc) is 2.68. The predicted octanol–water partition coefficient (Wildman–Crippen LogP) is 5.48. The van der Waals surface area contributed by atoms with E-state index in [1.165, 1.54) is 11.1 Å². The first-order chi connectivity index (χ1) is 13.5. The summed E-state index contributed by atoms with van der Waals surface area (Å²) in [5.41, 5.74) is 4.86. The molecule has 0 saturated carbocycles. The highest BCUT2D eigenvalue weighted by atomic mass is 15.3. The Balaban J connectivity index is 1.90. The van der Waals surface area contributed by atoms with E-state index in [1.54, 1.807) is 18.3 Å². The third-order valence-electron chi connectivity index (χ3n) is 4.43. The van der Waals surface area contributed by atoms with Crippen molar-refractivity contribution in [2.75, 3.05) is 10.6 Å². The maximum absolute atomic E-state index is 9.05. The second-order valence-electron chi connectivity index (χ2n) is 7.23. The molecule has 0 amide bonds. The third kappa shape index (κ3) is 4.44. The van der Waals surface area contributed by atoms with Crippen molar-refractivity contribution in [3.63, 3.8) is 0 Å². The predicted molar refractivity (Wildman–Crippen MR) is 112 cm³/mol. The summed E-state index contributed by atoms with van der Waals surface area (Å²) >= 11 is 0. The Morgan fingerprint density at radius 2 is 1.61 bits per heavy atom. The molecule has 142 valence electrons. The van der Waals surface area contributed by atoms with Crippen LogP contribution in [0.1, 0.15) is 56.2 Å². The number of hydrogen-bond donors (Lipinski definition) is 2. The van der Waals surface area contributed by atoms with Crippen LogP contribution in [0.4, 0.5) is 23.1 Å². The van der Waals surface area contributed by atoms with Crippen LogP contribution in [0, 0.1) is 11.3 Å². The summed E-state index contributed by atoms with van der Waals surface area (Å²) in [7, 11) is 0. The molecule has 0 saturated heterocycles. The van der Waals surface area contributed by atoms with E-state index in [9.17, 15) is 0 Å². The highest BCUT2D eigenvalue weighted by Crippen LogP contribution is 2.34. The lowest BCUT2D eigenvalue weighted by atomic mass is 9.92. The molecule has 0 fully saturated rings. The van der Waals surface area contributed by atoms with Crippen molar-refractivity contribution in [1.29, 1.82) is 5.26 Å². The first-order valence-electron chi connectivity index (χ1n) is 9.34. The van der Waals surface area contributed by atoms with Crippen LogP contribution in [-0.4, -0.2) is 15.2 Å². The molecule has 0 radical (unpaired) electrons. The van der Waals surface area contributed by atoms with Gasteiger partial charge in [-0.1, -0.05) is 52.0 Å². The van der Waals surface area contributed by atoms with E-state index in [2.05, 4.69) is 77.8 Å². The number of anilines is 4. The summed E-state index contributed by atoms with van der Waals surface area (Å²) in [5, 5.41) is 23.7. The largest absolute Gasteiger partial charge is 0.338 e. The smallest absolute Gasteiger partial charge is 0.249 e. The minimum absolute atomic E-state index is 0.369. The lowest BCUT2D eigenvalue weighted by molar-refractivity contribution is 0.837.